The lowest BCUT2D eigenvalue weighted by Crippen LogP contribution is -2.46. The van der Waals surface area contributed by atoms with E-state index >= 15 is 0 Å². The molecule has 4 unspecified atom stereocenters. The van der Waals surface area contributed by atoms with Gasteiger partial charge in [-0.05, 0) is 50.1 Å². The number of hydrogen-bond acceptors (Lipinski definition) is 3. The van der Waals surface area contributed by atoms with E-state index in [0.29, 0.717) is 30.7 Å². The average Bonchev–Trinajstić information content (AvgIpc) is 2.42. The van der Waals surface area contributed by atoms with Gasteiger partial charge in [-0.25, -0.2) is 0 Å². The first-order valence-electron chi connectivity index (χ1n) is 7.74. The summed E-state index contributed by atoms with van der Waals surface area (Å²) in [6.07, 6.45) is 3.67. The number of carbonyl (C=O) groups excluding carboxylic acids is 1. The Morgan fingerprint density at radius 2 is 2.26 bits per heavy atom. The first-order valence-corrected chi connectivity index (χ1v) is 7.74. The molecule has 0 bridgehead atoms. The van der Waals surface area contributed by atoms with Crippen LogP contribution in [0.15, 0.2) is 0 Å². The minimum absolute atomic E-state index is 0.226. The Labute approximate surface area is 116 Å². The van der Waals surface area contributed by atoms with Crippen molar-refractivity contribution in [3.63, 3.8) is 0 Å². The van der Waals surface area contributed by atoms with Gasteiger partial charge in [-0.15, -0.1) is 0 Å². The lowest BCUT2D eigenvalue weighted by Gasteiger charge is -2.36. The highest BCUT2D eigenvalue weighted by Crippen LogP contribution is 2.24. The maximum absolute atomic E-state index is 12.3. The van der Waals surface area contributed by atoms with Crippen LogP contribution in [-0.4, -0.2) is 48.2 Å². The Morgan fingerprint density at radius 3 is 2.89 bits per heavy atom. The number of likely N-dealkylation sites (tertiary alicyclic amines) is 1. The summed E-state index contributed by atoms with van der Waals surface area (Å²) in [5.74, 6) is 1.62. The van der Waals surface area contributed by atoms with Gasteiger partial charge in [0.1, 0.15) is 0 Å². The van der Waals surface area contributed by atoms with Crippen molar-refractivity contribution < 1.29 is 9.90 Å². The van der Waals surface area contributed by atoms with Crippen LogP contribution in [0.2, 0.25) is 0 Å². The Morgan fingerprint density at radius 1 is 1.47 bits per heavy atom. The number of amides is 1. The summed E-state index contributed by atoms with van der Waals surface area (Å²) >= 11 is 0. The lowest BCUT2D eigenvalue weighted by molar-refractivity contribution is -0.136. The molecule has 1 amide bonds. The molecule has 0 aromatic rings. The topological polar surface area (TPSA) is 52.6 Å². The van der Waals surface area contributed by atoms with Crippen LogP contribution in [0.4, 0.5) is 0 Å². The van der Waals surface area contributed by atoms with Crippen molar-refractivity contribution in [1.29, 1.82) is 0 Å². The maximum atomic E-state index is 12.3. The monoisotopic (exact) mass is 268 g/mol. The van der Waals surface area contributed by atoms with E-state index in [-0.39, 0.29) is 12.0 Å². The molecule has 0 radical (unpaired) electrons. The number of piperidine rings is 2. The minimum Gasteiger partial charge on any atom is -0.391 e. The largest absolute Gasteiger partial charge is 0.391 e. The molecular formula is C15H28N2O2. The van der Waals surface area contributed by atoms with E-state index in [1.165, 1.54) is 12.8 Å². The molecule has 110 valence electrons. The number of nitrogens with zero attached hydrogens (tertiary/aromatic N) is 1. The number of rotatable bonds is 3. The third-order valence-electron chi connectivity index (χ3n) is 4.91. The average molecular weight is 268 g/mol. The molecule has 19 heavy (non-hydrogen) atoms. The molecule has 4 heteroatoms. The molecule has 2 heterocycles. The van der Waals surface area contributed by atoms with Gasteiger partial charge >= 0.3 is 0 Å². The Kier molecular flexibility index (Phi) is 5.22. The van der Waals surface area contributed by atoms with Gasteiger partial charge in [0.05, 0.1) is 6.10 Å². The van der Waals surface area contributed by atoms with E-state index in [4.69, 9.17) is 0 Å². The van der Waals surface area contributed by atoms with Gasteiger partial charge in [0.2, 0.25) is 5.91 Å². The van der Waals surface area contributed by atoms with Gasteiger partial charge in [0, 0.05) is 19.5 Å². The molecule has 2 fully saturated rings. The molecule has 4 atom stereocenters. The molecule has 2 aliphatic rings. The predicted molar refractivity (Wildman–Crippen MR) is 75.7 cm³/mol. The van der Waals surface area contributed by atoms with Crippen molar-refractivity contribution in [3.8, 4) is 0 Å². The highest BCUT2D eigenvalue weighted by Gasteiger charge is 2.29. The van der Waals surface area contributed by atoms with Crippen molar-refractivity contribution in [1.82, 2.24) is 10.2 Å². The Bertz CT molecular complexity index is 303. The number of hydrogen-bond donors (Lipinski definition) is 2. The maximum Gasteiger partial charge on any atom is 0.222 e. The molecule has 2 rings (SSSR count). The van der Waals surface area contributed by atoms with Crippen LogP contribution >= 0.6 is 0 Å². The molecule has 0 saturated carbocycles. The first-order chi connectivity index (χ1) is 9.08. The van der Waals surface area contributed by atoms with Crippen LogP contribution < -0.4 is 5.32 Å². The highest BCUT2D eigenvalue weighted by molar-refractivity contribution is 5.76. The van der Waals surface area contributed by atoms with E-state index in [1.54, 1.807) is 0 Å². The number of aliphatic hydroxyl groups is 1. The van der Waals surface area contributed by atoms with Crippen molar-refractivity contribution in [2.24, 2.45) is 17.8 Å². The SMILES string of the molecule is CC1CCN(C(=O)CC(C)C2CCCNC2)CC1O. The van der Waals surface area contributed by atoms with Crippen LogP contribution in [0.1, 0.15) is 39.5 Å². The van der Waals surface area contributed by atoms with Gasteiger partial charge in [-0.3, -0.25) is 4.79 Å². The summed E-state index contributed by atoms with van der Waals surface area (Å²) in [5, 5.41) is 13.3. The summed E-state index contributed by atoms with van der Waals surface area (Å²) in [5.41, 5.74) is 0. The van der Waals surface area contributed by atoms with Crippen molar-refractivity contribution >= 4 is 5.91 Å². The normalized spacial score (nSPS) is 34.1. The molecule has 2 saturated heterocycles. The van der Waals surface area contributed by atoms with Gasteiger partial charge in [-0.2, -0.15) is 0 Å². The second kappa shape index (κ2) is 6.71. The Hall–Kier alpha value is -0.610. The summed E-state index contributed by atoms with van der Waals surface area (Å²) in [7, 11) is 0. The molecule has 2 N–H and O–H groups in total. The second-order valence-electron chi connectivity index (χ2n) is 6.46. The fourth-order valence-corrected chi connectivity index (χ4v) is 3.21. The number of β-amino-alcohol motifs (C(OH)–C–C–N with tert-alkyl or cyclic N) is 1. The number of aliphatic hydroxyl groups excluding tert-OH is 1. The summed E-state index contributed by atoms with van der Waals surface area (Å²) in [6.45, 7) is 7.76. The van der Waals surface area contributed by atoms with E-state index in [1.807, 2.05) is 4.90 Å². The number of carbonyl (C=O) groups is 1. The zero-order valence-corrected chi connectivity index (χ0v) is 12.3. The van der Waals surface area contributed by atoms with E-state index < -0.39 is 0 Å². The van der Waals surface area contributed by atoms with E-state index in [0.717, 1.165) is 26.1 Å². The minimum atomic E-state index is -0.343. The Balaban J connectivity index is 1.79. The molecule has 2 aliphatic heterocycles. The summed E-state index contributed by atoms with van der Waals surface area (Å²) < 4.78 is 0. The van der Waals surface area contributed by atoms with Gasteiger partial charge < -0.3 is 15.3 Å². The first kappa shape index (κ1) is 14.8. The van der Waals surface area contributed by atoms with Gasteiger partial charge in [-0.1, -0.05) is 13.8 Å². The van der Waals surface area contributed by atoms with Crippen LogP contribution in [-0.2, 0) is 4.79 Å². The predicted octanol–water partition coefficient (Wildman–Crippen LogP) is 1.24. The molecule has 0 spiro atoms. The summed E-state index contributed by atoms with van der Waals surface area (Å²) in [4.78, 5) is 14.2. The zero-order valence-electron chi connectivity index (χ0n) is 12.3. The molecule has 0 aromatic carbocycles. The second-order valence-corrected chi connectivity index (χ2v) is 6.46. The number of nitrogens with one attached hydrogen (secondary N) is 1. The zero-order chi connectivity index (χ0) is 13.8. The van der Waals surface area contributed by atoms with Crippen LogP contribution in [0.25, 0.3) is 0 Å². The molecular weight excluding hydrogens is 240 g/mol. The quantitative estimate of drug-likeness (QED) is 0.810. The van der Waals surface area contributed by atoms with Gasteiger partial charge in [0.15, 0.2) is 0 Å². The van der Waals surface area contributed by atoms with E-state index in [9.17, 15) is 9.90 Å². The van der Waals surface area contributed by atoms with Crippen LogP contribution in [0.3, 0.4) is 0 Å². The molecule has 0 aliphatic carbocycles. The third kappa shape index (κ3) is 3.93. The highest BCUT2D eigenvalue weighted by atomic mass is 16.3. The molecule has 4 nitrogen and oxygen atoms in total. The van der Waals surface area contributed by atoms with Gasteiger partial charge in [0.25, 0.3) is 0 Å². The molecule has 0 aromatic heterocycles. The van der Waals surface area contributed by atoms with Crippen molar-refractivity contribution in [3.05, 3.63) is 0 Å². The van der Waals surface area contributed by atoms with Crippen LogP contribution in [0, 0.1) is 17.8 Å². The van der Waals surface area contributed by atoms with Crippen molar-refractivity contribution in [2.75, 3.05) is 26.2 Å². The standard InChI is InChI=1S/C15H28N2O2/c1-11-5-7-17(10-14(11)18)15(19)8-12(2)13-4-3-6-16-9-13/h11-14,16,18H,3-10H2,1-2H3. The fourth-order valence-electron chi connectivity index (χ4n) is 3.21. The van der Waals surface area contributed by atoms with E-state index in [2.05, 4.69) is 19.2 Å². The summed E-state index contributed by atoms with van der Waals surface area (Å²) in [6, 6.07) is 0. The smallest absolute Gasteiger partial charge is 0.222 e. The van der Waals surface area contributed by atoms with Crippen molar-refractivity contribution in [2.45, 2.75) is 45.6 Å². The third-order valence-corrected chi connectivity index (χ3v) is 4.91. The lowest BCUT2D eigenvalue weighted by atomic mass is 9.85. The van der Waals surface area contributed by atoms with Crippen LogP contribution in [0.5, 0.6) is 0 Å². The fraction of sp³-hybridized carbons (Fsp3) is 0.933.